The van der Waals surface area contributed by atoms with Crippen LogP contribution in [0.3, 0.4) is 0 Å². The zero-order valence-electron chi connectivity index (χ0n) is 13.4. The van der Waals surface area contributed by atoms with Crippen molar-refractivity contribution in [3.8, 4) is 0 Å². The standard InChI is InChI=1S/C16H20N4O4/c1-11-2-4-14(24-11)13(20-6-8-23-9-7-20)10-17-16(22)12-3-5-15(21)19-18-12/h2-5,13H,6-10H2,1H3,(H,17,22)(H,19,21)/t13-/m1/s1. The van der Waals surface area contributed by atoms with Crippen molar-refractivity contribution >= 4 is 5.91 Å². The number of aromatic nitrogens is 2. The maximum atomic E-state index is 12.2. The molecule has 8 heteroatoms. The van der Waals surface area contributed by atoms with E-state index in [9.17, 15) is 9.59 Å². The Bertz CT molecular complexity index is 728. The first-order valence-corrected chi connectivity index (χ1v) is 7.85. The van der Waals surface area contributed by atoms with Crippen LogP contribution in [-0.2, 0) is 4.74 Å². The van der Waals surface area contributed by atoms with E-state index >= 15 is 0 Å². The summed E-state index contributed by atoms with van der Waals surface area (Å²) >= 11 is 0. The third-order valence-electron chi connectivity index (χ3n) is 3.94. The Labute approximate surface area is 138 Å². The van der Waals surface area contributed by atoms with Crippen LogP contribution in [0.5, 0.6) is 0 Å². The fraction of sp³-hybridized carbons (Fsp3) is 0.438. The van der Waals surface area contributed by atoms with Gasteiger partial charge in [-0.05, 0) is 25.1 Å². The summed E-state index contributed by atoms with van der Waals surface area (Å²) in [6.07, 6.45) is 0. The van der Waals surface area contributed by atoms with Gasteiger partial charge in [-0.25, -0.2) is 5.10 Å². The van der Waals surface area contributed by atoms with E-state index < -0.39 is 0 Å². The predicted octanol–water partition coefficient (Wildman–Crippen LogP) is 0.475. The second kappa shape index (κ2) is 7.41. The summed E-state index contributed by atoms with van der Waals surface area (Å²) in [5, 5.41) is 8.85. The second-order valence-corrected chi connectivity index (χ2v) is 5.63. The lowest BCUT2D eigenvalue weighted by molar-refractivity contribution is 0.0116. The molecule has 1 amide bonds. The molecule has 1 saturated heterocycles. The minimum Gasteiger partial charge on any atom is -0.465 e. The molecule has 1 fully saturated rings. The zero-order chi connectivity index (χ0) is 16.9. The highest BCUT2D eigenvalue weighted by atomic mass is 16.5. The number of amides is 1. The summed E-state index contributed by atoms with van der Waals surface area (Å²) in [5.74, 6) is 1.30. The monoisotopic (exact) mass is 332 g/mol. The Kier molecular flexibility index (Phi) is 5.07. The number of carbonyl (C=O) groups is 1. The molecule has 1 atom stereocenters. The van der Waals surface area contributed by atoms with E-state index in [1.54, 1.807) is 0 Å². The van der Waals surface area contributed by atoms with E-state index in [2.05, 4.69) is 20.4 Å². The number of nitrogens with one attached hydrogen (secondary N) is 2. The number of morpholine rings is 1. The van der Waals surface area contributed by atoms with Gasteiger partial charge in [-0.1, -0.05) is 0 Å². The molecular weight excluding hydrogens is 312 g/mol. The van der Waals surface area contributed by atoms with Gasteiger partial charge in [0, 0.05) is 25.7 Å². The lowest BCUT2D eigenvalue weighted by Gasteiger charge is -2.33. The number of ether oxygens (including phenoxy) is 1. The van der Waals surface area contributed by atoms with Gasteiger partial charge in [0.1, 0.15) is 17.2 Å². The lowest BCUT2D eigenvalue weighted by Crippen LogP contribution is -2.43. The fourth-order valence-electron chi connectivity index (χ4n) is 2.68. The molecule has 24 heavy (non-hydrogen) atoms. The first-order chi connectivity index (χ1) is 11.6. The van der Waals surface area contributed by atoms with Crippen LogP contribution in [-0.4, -0.2) is 53.9 Å². The van der Waals surface area contributed by atoms with E-state index in [4.69, 9.17) is 9.15 Å². The van der Waals surface area contributed by atoms with Crippen molar-refractivity contribution in [2.45, 2.75) is 13.0 Å². The van der Waals surface area contributed by atoms with Crippen molar-refractivity contribution in [3.05, 3.63) is 51.8 Å². The Hall–Kier alpha value is -2.45. The largest absolute Gasteiger partial charge is 0.465 e. The van der Waals surface area contributed by atoms with Crippen LogP contribution in [0.25, 0.3) is 0 Å². The summed E-state index contributed by atoms with van der Waals surface area (Å²) in [5.41, 5.74) is -0.172. The number of furan rings is 1. The van der Waals surface area contributed by atoms with Gasteiger partial charge in [0.25, 0.3) is 11.5 Å². The smallest absolute Gasteiger partial charge is 0.271 e. The fourth-order valence-corrected chi connectivity index (χ4v) is 2.68. The van der Waals surface area contributed by atoms with E-state index in [1.165, 1.54) is 12.1 Å². The molecular formula is C16H20N4O4. The molecule has 2 aromatic heterocycles. The van der Waals surface area contributed by atoms with Gasteiger partial charge >= 0.3 is 0 Å². The predicted molar refractivity (Wildman–Crippen MR) is 85.8 cm³/mol. The van der Waals surface area contributed by atoms with Crippen LogP contribution in [0.4, 0.5) is 0 Å². The van der Waals surface area contributed by atoms with Crippen LogP contribution >= 0.6 is 0 Å². The van der Waals surface area contributed by atoms with Gasteiger partial charge in [0.05, 0.1) is 19.3 Å². The molecule has 0 bridgehead atoms. The Morgan fingerprint density at radius 1 is 1.33 bits per heavy atom. The Balaban J connectivity index is 1.70. The van der Waals surface area contributed by atoms with Crippen LogP contribution < -0.4 is 10.9 Å². The van der Waals surface area contributed by atoms with Crippen molar-refractivity contribution in [3.63, 3.8) is 0 Å². The Morgan fingerprint density at radius 2 is 2.12 bits per heavy atom. The third-order valence-corrected chi connectivity index (χ3v) is 3.94. The van der Waals surface area contributed by atoms with E-state index in [1.807, 2.05) is 19.1 Å². The maximum Gasteiger partial charge on any atom is 0.271 e. The molecule has 3 rings (SSSR count). The first-order valence-electron chi connectivity index (χ1n) is 7.85. The van der Waals surface area contributed by atoms with Crippen molar-refractivity contribution < 1.29 is 13.9 Å². The van der Waals surface area contributed by atoms with Crippen LogP contribution in [0, 0.1) is 6.92 Å². The average molecular weight is 332 g/mol. The topological polar surface area (TPSA) is 100 Å². The number of hydrogen-bond acceptors (Lipinski definition) is 6. The molecule has 0 unspecified atom stereocenters. The first kappa shape index (κ1) is 16.4. The van der Waals surface area contributed by atoms with Gasteiger partial charge < -0.3 is 14.5 Å². The van der Waals surface area contributed by atoms with Gasteiger partial charge in [-0.3, -0.25) is 14.5 Å². The molecule has 0 aromatic carbocycles. The van der Waals surface area contributed by atoms with Crippen LogP contribution in [0.1, 0.15) is 28.1 Å². The number of aromatic amines is 1. The van der Waals surface area contributed by atoms with Crippen molar-refractivity contribution in [1.82, 2.24) is 20.4 Å². The van der Waals surface area contributed by atoms with Gasteiger partial charge in [0.15, 0.2) is 0 Å². The average Bonchev–Trinajstić information content (AvgIpc) is 3.02. The van der Waals surface area contributed by atoms with Crippen molar-refractivity contribution in [1.29, 1.82) is 0 Å². The van der Waals surface area contributed by atoms with E-state index in [-0.39, 0.29) is 23.2 Å². The summed E-state index contributed by atoms with van der Waals surface area (Å²) in [6, 6.07) is 6.44. The lowest BCUT2D eigenvalue weighted by atomic mass is 10.1. The van der Waals surface area contributed by atoms with Gasteiger partial charge in [0.2, 0.25) is 0 Å². The molecule has 0 saturated carbocycles. The molecule has 0 radical (unpaired) electrons. The van der Waals surface area contributed by atoms with Gasteiger partial charge in [-0.15, -0.1) is 0 Å². The van der Waals surface area contributed by atoms with E-state index in [0.29, 0.717) is 19.8 Å². The zero-order valence-corrected chi connectivity index (χ0v) is 13.4. The summed E-state index contributed by atoms with van der Waals surface area (Å²) in [6.45, 7) is 5.14. The van der Waals surface area contributed by atoms with E-state index in [0.717, 1.165) is 24.6 Å². The normalized spacial score (nSPS) is 16.7. The number of nitrogens with zero attached hydrogens (tertiary/aromatic N) is 2. The number of carbonyl (C=O) groups excluding carboxylic acids is 1. The SMILES string of the molecule is Cc1ccc([C@@H](CNC(=O)c2ccc(=O)[nH]n2)N2CCOCC2)o1. The summed E-state index contributed by atoms with van der Waals surface area (Å²) in [7, 11) is 0. The van der Waals surface area contributed by atoms with Crippen LogP contribution in [0.15, 0.2) is 33.5 Å². The molecule has 128 valence electrons. The number of hydrogen-bond donors (Lipinski definition) is 2. The molecule has 0 spiro atoms. The molecule has 2 N–H and O–H groups in total. The molecule has 2 aromatic rings. The highest BCUT2D eigenvalue weighted by Crippen LogP contribution is 2.23. The minimum atomic E-state index is -0.344. The summed E-state index contributed by atoms with van der Waals surface area (Å²) in [4.78, 5) is 25.5. The molecule has 8 nitrogen and oxygen atoms in total. The quantitative estimate of drug-likeness (QED) is 0.826. The second-order valence-electron chi connectivity index (χ2n) is 5.63. The number of aryl methyl sites for hydroxylation is 1. The minimum absolute atomic E-state index is 0.0747. The molecule has 1 aliphatic rings. The Morgan fingerprint density at radius 3 is 2.75 bits per heavy atom. The third kappa shape index (κ3) is 3.90. The molecule has 1 aliphatic heterocycles. The number of rotatable bonds is 5. The highest BCUT2D eigenvalue weighted by Gasteiger charge is 2.26. The number of H-pyrrole nitrogens is 1. The highest BCUT2D eigenvalue weighted by molar-refractivity contribution is 5.91. The van der Waals surface area contributed by atoms with Crippen molar-refractivity contribution in [2.24, 2.45) is 0 Å². The maximum absolute atomic E-state index is 12.2. The molecule has 0 aliphatic carbocycles. The molecule has 3 heterocycles. The van der Waals surface area contributed by atoms with Crippen LogP contribution in [0.2, 0.25) is 0 Å². The van der Waals surface area contributed by atoms with Crippen molar-refractivity contribution in [2.75, 3.05) is 32.8 Å². The van der Waals surface area contributed by atoms with Gasteiger partial charge in [-0.2, -0.15) is 5.10 Å². The summed E-state index contributed by atoms with van der Waals surface area (Å²) < 4.78 is 11.1.